The van der Waals surface area contributed by atoms with Crippen LogP contribution in [0.5, 0.6) is 11.5 Å². The lowest BCUT2D eigenvalue weighted by atomic mass is 9.74. The average Bonchev–Trinajstić information content (AvgIpc) is 3.34. The van der Waals surface area contributed by atoms with Crippen LogP contribution in [0, 0.1) is 0 Å². The third-order valence-corrected chi connectivity index (χ3v) is 6.13. The molecule has 3 aromatic rings. The maximum absolute atomic E-state index is 10.3. The minimum Gasteiger partial charge on any atom is -0.493 e. The Morgan fingerprint density at radius 3 is 2.81 bits per heavy atom. The van der Waals surface area contributed by atoms with Gasteiger partial charge in [-0.05, 0) is 62.1 Å². The lowest BCUT2D eigenvalue weighted by molar-refractivity contribution is 0.111. The molecule has 7 nitrogen and oxygen atoms in total. The minimum absolute atomic E-state index is 0.138. The molecule has 2 aromatic heterocycles. The fourth-order valence-corrected chi connectivity index (χ4v) is 4.67. The molecule has 2 aliphatic rings. The number of aliphatic hydroxyl groups is 1. The monoisotopic (exact) mass is 418 g/mol. The van der Waals surface area contributed by atoms with Crippen molar-refractivity contribution in [1.29, 1.82) is 0 Å². The molecule has 0 saturated heterocycles. The van der Waals surface area contributed by atoms with E-state index in [4.69, 9.17) is 14.5 Å². The van der Waals surface area contributed by atoms with Crippen molar-refractivity contribution >= 4 is 5.71 Å². The molecule has 1 saturated carbocycles. The zero-order valence-corrected chi connectivity index (χ0v) is 17.7. The van der Waals surface area contributed by atoms with Crippen LogP contribution in [0.3, 0.4) is 0 Å². The first-order chi connectivity index (χ1) is 15.2. The number of ether oxygens (including phenoxy) is 2. The number of aromatic nitrogens is 3. The summed E-state index contributed by atoms with van der Waals surface area (Å²) in [5, 5.41) is 14.6. The first-order valence-electron chi connectivity index (χ1n) is 10.7. The highest BCUT2D eigenvalue weighted by atomic mass is 16.5. The topological polar surface area (TPSA) is 81.8 Å². The number of benzene rings is 1. The fourth-order valence-electron chi connectivity index (χ4n) is 4.67. The number of rotatable bonds is 5. The van der Waals surface area contributed by atoms with Gasteiger partial charge in [0.15, 0.2) is 17.3 Å². The number of aliphatic hydroxyl groups excluding tert-OH is 1. The number of fused-ring (bicyclic) bond motifs is 3. The standard InChI is InChI=1S/C24H26N4O3/c1-3-31-22-12-17-18-11-16(29)6-7-20(18)27-24(19(17)13-21(22)30-2)15-5-8-23(25-14-15)28-10-4-9-26-28/h4-5,8-10,12-14,16,18,20,29H,3,6-7,11H2,1-2H3/t16-,18?,20?/m0/s1. The van der Waals surface area contributed by atoms with Crippen molar-refractivity contribution in [3.05, 3.63) is 65.6 Å². The molecule has 0 amide bonds. The quantitative estimate of drug-likeness (QED) is 0.686. The van der Waals surface area contributed by atoms with Gasteiger partial charge < -0.3 is 14.6 Å². The van der Waals surface area contributed by atoms with E-state index >= 15 is 0 Å². The molecule has 2 unspecified atom stereocenters. The molecular formula is C24H26N4O3. The van der Waals surface area contributed by atoms with E-state index in [-0.39, 0.29) is 18.1 Å². The van der Waals surface area contributed by atoms with Crippen molar-refractivity contribution in [3.63, 3.8) is 0 Å². The van der Waals surface area contributed by atoms with Crippen LogP contribution >= 0.6 is 0 Å². The summed E-state index contributed by atoms with van der Waals surface area (Å²) in [6, 6.07) is 10.1. The summed E-state index contributed by atoms with van der Waals surface area (Å²) in [6.07, 6.45) is 7.51. The molecule has 3 heterocycles. The van der Waals surface area contributed by atoms with Gasteiger partial charge in [-0.3, -0.25) is 4.99 Å². The van der Waals surface area contributed by atoms with Crippen molar-refractivity contribution in [2.24, 2.45) is 4.99 Å². The second-order valence-electron chi connectivity index (χ2n) is 8.00. The summed E-state index contributed by atoms with van der Waals surface area (Å²) in [5.74, 6) is 2.34. The van der Waals surface area contributed by atoms with Gasteiger partial charge in [0.25, 0.3) is 0 Å². The van der Waals surface area contributed by atoms with Gasteiger partial charge in [0.1, 0.15) is 0 Å². The van der Waals surface area contributed by atoms with Crippen molar-refractivity contribution in [3.8, 4) is 17.3 Å². The van der Waals surface area contributed by atoms with Crippen LogP contribution in [-0.2, 0) is 0 Å². The van der Waals surface area contributed by atoms with E-state index in [9.17, 15) is 5.11 Å². The number of methoxy groups -OCH3 is 1. The lowest BCUT2D eigenvalue weighted by Gasteiger charge is -2.37. The van der Waals surface area contributed by atoms with E-state index < -0.39 is 0 Å². The summed E-state index contributed by atoms with van der Waals surface area (Å²) in [4.78, 5) is 9.74. The molecule has 1 aliphatic carbocycles. The molecule has 1 fully saturated rings. The number of pyridine rings is 1. The van der Waals surface area contributed by atoms with Crippen molar-refractivity contribution < 1.29 is 14.6 Å². The third kappa shape index (κ3) is 3.59. The number of hydrogen-bond acceptors (Lipinski definition) is 6. The van der Waals surface area contributed by atoms with Crippen LogP contribution in [0.25, 0.3) is 5.82 Å². The van der Waals surface area contributed by atoms with E-state index in [1.807, 2.05) is 43.6 Å². The fraction of sp³-hybridized carbons (Fsp3) is 0.375. The molecule has 7 heteroatoms. The summed E-state index contributed by atoms with van der Waals surface area (Å²) in [6.45, 7) is 2.53. The van der Waals surface area contributed by atoms with E-state index in [0.29, 0.717) is 18.8 Å². The maximum atomic E-state index is 10.3. The molecule has 0 spiro atoms. The molecule has 1 aliphatic heterocycles. The second kappa shape index (κ2) is 8.15. The zero-order chi connectivity index (χ0) is 21.4. The van der Waals surface area contributed by atoms with Gasteiger partial charge >= 0.3 is 0 Å². The van der Waals surface area contributed by atoms with Crippen molar-refractivity contribution in [2.75, 3.05) is 13.7 Å². The normalized spacial score (nSPS) is 22.3. The Hall–Kier alpha value is -3.19. The lowest BCUT2D eigenvalue weighted by Crippen LogP contribution is -2.34. The Bertz CT molecular complexity index is 1090. The van der Waals surface area contributed by atoms with Gasteiger partial charge in [-0.2, -0.15) is 5.10 Å². The van der Waals surface area contributed by atoms with Gasteiger partial charge in [-0.1, -0.05) is 0 Å². The smallest absolute Gasteiger partial charge is 0.161 e. The summed E-state index contributed by atoms with van der Waals surface area (Å²) < 4.78 is 13.2. The van der Waals surface area contributed by atoms with Gasteiger partial charge in [-0.15, -0.1) is 0 Å². The zero-order valence-electron chi connectivity index (χ0n) is 17.7. The van der Waals surface area contributed by atoms with Crippen LogP contribution < -0.4 is 9.47 Å². The van der Waals surface area contributed by atoms with Gasteiger partial charge in [-0.25, -0.2) is 9.67 Å². The van der Waals surface area contributed by atoms with E-state index in [0.717, 1.165) is 46.8 Å². The van der Waals surface area contributed by atoms with Crippen LogP contribution in [0.4, 0.5) is 0 Å². The van der Waals surface area contributed by atoms with Crippen LogP contribution in [-0.4, -0.2) is 51.4 Å². The highest BCUT2D eigenvalue weighted by Crippen LogP contribution is 2.44. The molecule has 0 bridgehead atoms. The van der Waals surface area contributed by atoms with E-state index in [2.05, 4.69) is 16.1 Å². The molecule has 31 heavy (non-hydrogen) atoms. The molecule has 0 radical (unpaired) electrons. The highest BCUT2D eigenvalue weighted by Gasteiger charge is 2.37. The van der Waals surface area contributed by atoms with Gasteiger partial charge in [0.2, 0.25) is 0 Å². The summed E-state index contributed by atoms with van der Waals surface area (Å²) in [7, 11) is 1.65. The number of hydrogen-bond donors (Lipinski definition) is 1. The molecule has 3 atom stereocenters. The number of nitrogens with zero attached hydrogens (tertiary/aromatic N) is 4. The second-order valence-corrected chi connectivity index (χ2v) is 8.00. The highest BCUT2D eigenvalue weighted by molar-refractivity contribution is 6.14. The van der Waals surface area contributed by atoms with E-state index in [1.54, 1.807) is 18.0 Å². The Balaban J connectivity index is 1.61. The minimum atomic E-state index is -0.293. The van der Waals surface area contributed by atoms with Crippen LogP contribution in [0.15, 0.2) is 53.9 Å². The van der Waals surface area contributed by atoms with Crippen LogP contribution in [0.2, 0.25) is 0 Å². The van der Waals surface area contributed by atoms with Crippen LogP contribution in [0.1, 0.15) is 48.8 Å². The first kappa shape index (κ1) is 19.8. The molecule has 1 N–H and O–H groups in total. The van der Waals surface area contributed by atoms with Gasteiger partial charge in [0.05, 0.1) is 31.6 Å². The Morgan fingerprint density at radius 1 is 1.19 bits per heavy atom. The molecule has 160 valence electrons. The predicted molar refractivity (Wildman–Crippen MR) is 118 cm³/mol. The maximum Gasteiger partial charge on any atom is 0.161 e. The average molecular weight is 418 g/mol. The molecule has 1 aromatic carbocycles. The predicted octanol–water partition coefficient (Wildman–Crippen LogP) is 3.52. The summed E-state index contributed by atoms with van der Waals surface area (Å²) in [5.41, 5.74) is 4.04. The van der Waals surface area contributed by atoms with Gasteiger partial charge in [0, 0.05) is 35.6 Å². The largest absolute Gasteiger partial charge is 0.493 e. The van der Waals surface area contributed by atoms with E-state index in [1.165, 1.54) is 0 Å². The third-order valence-electron chi connectivity index (χ3n) is 6.13. The van der Waals surface area contributed by atoms with Crippen molar-refractivity contribution in [2.45, 2.75) is 44.2 Å². The van der Waals surface area contributed by atoms with Crippen molar-refractivity contribution in [1.82, 2.24) is 14.8 Å². The Labute approximate surface area is 181 Å². The molecule has 5 rings (SSSR count). The SMILES string of the molecule is CCOc1cc2c(cc1OC)C(c1ccc(-n3cccn3)nc1)=NC1CC[C@H](O)CC21. The first-order valence-corrected chi connectivity index (χ1v) is 10.7. The summed E-state index contributed by atoms with van der Waals surface area (Å²) >= 11 is 0. The molecular weight excluding hydrogens is 392 g/mol. The number of aliphatic imine (C=N–C) groups is 1. The Morgan fingerprint density at radius 2 is 2.10 bits per heavy atom. The Kier molecular flexibility index (Phi) is 5.19.